The van der Waals surface area contributed by atoms with Crippen LogP contribution in [0, 0.1) is 5.92 Å². The second-order valence-electron chi connectivity index (χ2n) is 7.57. The second-order valence-corrected chi connectivity index (χ2v) is 8.00. The first-order valence-corrected chi connectivity index (χ1v) is 10.2. The molecule has 28 heavy (non-hydrogen) atoms. The van der Waals surface area contributed by atoms with Crippen molar-refractivity contribution in [2.24, 2.45) is 5.92 Å². The van der Waals surface area contributed by atoms with Crippen molar-refractivity contribution < 1.29 is 9.59 Å². The smallest absolute Gasteiger partial charge is 0.251 e. The molecule has 1 aliphatic rings. The average molecular weight is 399 g/mol. The van der Waals surface area contributed by atoms with Crippen molar-refractivity contribution in [2.75, 3.05) is 19.6 Å². The fourth-order valence-electron chi connectivity index (χ4n) is 3.74. The van der Waals surface area contributed by atoms with E-state index in [1.165, 1.54) is 5.56 Å². The first-order valence-electron chi connectivity index (χ1n) is 9.86. The summed E-state index contributed by atoms with van der Waals surface area (Å²) < 4.78 is 0. The molecule has 2 unspecified atom stereocenters. The highest BCUT2D eigenvalue weighted by atomic mass is 35.5. The minimum absolute atomic E-state index is 0.129. The van der Waals surface area contributed by atoms with Crippen molar-refractivity contribution in [1.29, 1.82) is 0 Å². The topological polar surface area (TPSA) is 49.4 Å². The van der Waals surface area contributed by atoms with Crippen LogP contribution < -0.4 is 5.32 Å². The summed E-state index contributed by atoms with van der Waals surface area (Å²) in [6.45, 7) is 4.46. The maximum Gasteiger partial charge on any atom is 0.251 e. The summed E-state index contributed by atoms with van der Waals surface area (Å²) >= 11 is 5.99. The van der Waals surface area contributed by atoms with Crippen LogP contribution in [-0.4, -0.2) is 42.8 Å². The van der Waals surface area contributed by atoms with Crippen LogP contribution in [0.25, 0.3) is 0 Å². The Balaban J connectivity index is 1.57. The lowest BCUT2D eigenvalue weighted by Crippen LogP contribution is -2.49. The molecule has 1 N–H and O–H groups in total. The van der Waals surface area contributed by atoms with Gasteiger partial charge in [-0.1, -0.05) is 48.9 Å². The second kappa shape index (κ2) is 9.85. The maximum atomic E-state index is 12.5. The largest absolute Gasteiger partial charge is 0.347 e. The number of benzene rings is 2. The number of hydrogen-bond donors (Lipinski definition) is 1. The zero-order chi connectivity index (χ0) is 19.9. The molecule has 5 heteroatoms. The summed E-state index contributed by atoms with van der Waals surface area (Å²) in [4.78, 5) is 26.3. The molecule has 148 valence electrons. The Kier molecular flexibility index (Phi) is 7.24. The minimum Gasteiger partial charge on any atom is -0.347 e. The summed E-state index contributed by atoms with van der Waals surface area (Å²) in [6, 6.07) is 17.1. The summed E-state index contributed by atoms with van der Waals surface area (Å²) in [7, 11) is 0. The van der Waals surface area contributed by atoms with E-state index in [0.29, 0.717) is 18.0 Å². The molecule has 0 aromatic heterocycles. The zero-order valence-electron chi connectivity index (χ0n) is 16.2. The molecule has 2 atom stereocenters. The lowest BCUT2D eigenvalue weighted by molar-refractivity contribution is -0.111. The van der Waals surface area contributed by atoms with Crippen LogP contribution in [0.2, 0.25) is 5.02 Å². The number of halogens is 1. The highest BCUT2D eigenvalue weighted by Crippen LogP contribution is 2.29. The number of rotatable bonds is 7. The van der Waals surface area contributed by atoms with Crippen molar-refractivity contribution in [2.45, 2.75) is 31.7 Å². The van der Waals surface area contributed by atoms with Crippen LogP contribution in [0.5, 0.6) is 0 Å². The van der Waals surface area contributed by atoms with Crippen molar-refractivity contribution >= 4 is 23.8 Å². The number of nitrogens with zero attached hydrogens (tertiary/aromatic N) is 1. The standard InChI is InChI=1S/C23H27ClN2O2/c1-17(16-27)22(25-23(28)20-5-3-2-4-6-20)15-26-13-11-19(12-14-26)18-7-9-21(24)10-8-18/h2-10,16-17,19,22H,11-15H2,1H3,(H,25,28). The molecule has 0 aliphatic carbocycles. The molecule has 1 fully saturated rings. The van der Waals surface area contributed by atoms with Gasteiger partial charge in [0, 0.05) is 23.0 Å². The third-order valence-electron chi connectivity index (χ3n) is 5.59. The predicted octanol–water partition coefficient (Wildman–Crippen LogP) is 4.15. The fourth-order valence-corrected chi connectivity index (χ4v) is 3.87. The molecular formula is C23H27ClN2O2. The van der Waals surface area contributed by atoms with Gasteiger partial charge >= 0.3 is 0 Å². The van der Waals surface area contributed by atoms with Crippen molar-refractivity contribution in [1.82, 2.24) is 10.2 Å². The summed E-state index contributed by atoms with van der Waals surface area (Å²) in [5, 5.41) is 3.82. The number of piperidine rings is 1. The molecular weight excluding hydrogens is 372 g/mol. The molecule has 1 amide bonds. The Labute approximate surface area is 171 Å². The Hall–Kier alpha value is -2.17. The third kappa shape index (κ3) is 5.43. The Bertz CT molecular complexity index is 771. The summed E-state index contributed by atoms with van der Waals surface area (Å²) in [5.41, 5.74) is 1.95. The highest BCUT2D eigenvalue weighted by molar-refractivity contribution is 6.30. The first-order chi connectivity index (χ1) is 13.6. The van der Waals surface area contributed by atoms with E-state index in [2.05, 4.69) is 22.3 Å². The normalized spacial score (nSPS) is 17.6. The maximum absolute atomic E-state index is 12.5. The molecule has 2 aromatic carbocycles. The van der Waals surface area contributed by atoms with Gasteiger partial charge < -0.3 is 15.0 Å². The van der Waals surface area contributed by atoms with E-state index in [-0.39, 0.29) is 17.9 Å². The van der Waals surface area contributed by atoms with Gasteiger partial charge in [0.15, 0.2) is 0 Å². The quantitative estimate of drug-likeness (QED) is 0.712. The van der Waals surface area contributed by atoms with E-state index in [0.717, 1.165) is 37.2 Å². The molecule has 0 saturated carbocycles. The predicted molar refractivity (Wildman–Crippen MR) is 113 cm³/mol. The molecule has 3 rings (SSSR count). The summed E-state index contributed by atoms with van der Waals surface area (Å²) in [5.74, 6) is 0.173. The van der Waals surface area contributed by atoms with E-state index in [1.54, 1.807) is 12.1 Å². The molecule has 0 spiro atoms. The van der Waals surface area contributed by atoms with Crippen molar-refractivity contribution in [3.63, 3.8) is 0 Å². The Morgan fingerprint density at radius 3 is 2.39 bits per heavy atom. The number of hydrogen-bond acceptors (Lipinski definition) is 3. The number of nitrogens with one attached hydrogen (secondary N) is 1. The first kappa shape index (κ1) is 20.6. The monoisotopic (exact) mass is 398 g/mol. The molecule has 1 saturated heterocycles. The third-order valence-corrected chi connectivity index (χ3v) is 5.84. The van der Waals surface area contributed by atoms with Gasteiger partial charge in [0.05, 0.1) is 6.04 Å². The van der Waals surface area contributed by atoms with Crippen molar-refractivity contribution in [3.05, 3.63) is 70.7 Å². The molecule has 1 heterocycles. The lowest BCUT2D eigenvalue weighted by atomic mass is 9.89. The Morgan fingerprint density at radius 1 is 1.14 bits per heavy atom. The van der Waals surface area contributed by atoms with Gasteiger partial charge in [-0.2, -0.15) is 0 Å². The zero-order valence-corrected chi connectivity index (χ0v) is 16.9. The van der Waals surface area contributed by atoms with Gasteiger partial charge in [-0.25, -0.2) is 0 Å². The van der Waals surface area contributed by atoms with Crippen LogP contribution in [0.15, 0.2) is 54.6 Å². The molecule has 1 aliphatic heterocycles. The van der Waals surface area contributed by atoms with Crippen LogP contribution >= 0.6 is 11.6 Å². The van der Waals surface area contributed by atoms with E-state index >= 15 is 0 Å². The van der Waals surface area contributed by atoms with Gasteiger partial charge in [-0.15, -0.1) is 0 Å². The SMILES string of the molecule is CC(C=O)C(CN1CCC(c2ccc(Cl)cc2)CC1)NC(=O)c1ccccc1. The molecule has 0 bridgehead atoms. The fraction of sp³-hybridized carbons (Fsp3) is 0.391. The van der Waals surface area contributed by atoms with E-state index in [1.807, 2.05) is 37.3 Å². The number of amides is 1. The van der Waals surface area contributed by atoms with Gasteiger partial charge in [0.1, 0.15) is 6.29 Å². The molecule has 4 nitrogen and oxygen atoms in total. The number of carbonyl (C=O) groups is 2. The van der Waals surface area contributed by atoms with E-state index in [9.17, 15) is 9.59 Å². The highest BCUT2D eigenvalue weighted by Gasteiger charge is 2.26. The molecule has 0 radical (unpaired) electrons. The number of aldehydes is 1. The lowest BCUT2D eigenvalue weighted by Gasteiger charge is -2.35. The van der Waals surface area contributed by atoms with E-state index < -0.39 is 0 Å². The average Bonchev–Trinajstić information content (AvgIpc) is 2.74. The van der Waals surface area contributed by atoms with Crippen LogP contribution in [-0.2, 0) is 4.79 Å². The van der Waals surface area contributed by atoms with E-state index in [4.69, 9.17) is 11.6 Å². The number of likely N-dealkylation sites (tertiary alicyclic amines) is 1. The van der Waals surface area contributed by atoms with Crippen LogP contribution in [0.3, 0.4) is 0 Å². The van der Waals surface area contributed by atoms with Gasteiger partial charge in [0.25, 0.3) is 5.91 Å². The van der Waals surface area contributed by atoms with Gasteiger partial charge in [-0.05, 0) is 61.7 Å². The molecule has 2 aromatic rings. The van der Waals surface area contributed by atoms with Gasteiger partial charge in [-0.3, -0.25) is 4.79 Å². The Morgan fingerprint density at radius 2 is 1.79 bits per heavy atom. The van der Waals surface area contributed by atoms with Crippen molar-refractivity contribution in [3.8, 4) is 0 Å². The van der Waals surface area contributed by atoms with Crippen LogP contribution in [0.1, 0.15) is 41.6 Å². The van der Waals surface area contributed by atoms with Gasteiger partial charge in [0.2, 0.25) is 0 Å². The van der Waals surface area contributed by atoms with Crippen LogP contribution in [0.4, 0.5) is 0 Å². The summed E-state index contributed by atoms with van der Waals surface area (Å²) in [6.07, 6.45) is 3.06. The minimum atomic E-state index is -0.235. The number of carbonyl (C=O) groups excluding carboxylic acids is 2.